The second kappa shape index (κ2) is 8.50. The molecule has 0 saturated carbocycles. The van der Waals surface area contributed by atoms with Crippen molar-refractivity contribution in [2.75, 3.05) is 0 Å². The maximum absolute atomic E-state index is 9.84. The first-order chi connectivity index (χ1) is 12.2. The van der Waals surface area contributed by atoms with Gasteiger partial charge in [-0.1, -0.05) is 78.9 Å². The van der Waals surface area contributed by atoms with Crippen molar-refractivity contribution in [2.24, 2.45) is 0 Å². The summed E-state index contributed by atoms with van der Waals surface area (Å²) in [6, 6.07) is 26.8. The number of hydrogen-bond donors (Lipinski definition) is 1. The van der Waals surface area contributed by atoms with Crippen molar-refractivity contribution in [3.8, 4) is 5.75 Å². The molecule has 3 aromatic carbocycles. The minimum Gasteiger partial charge on any atom is -0.488 e. The third kappa shape index (κ3) is 4.94. The monoisotopic (exact) mass is 332 g/mol. The lowest BCUT2D eigenvalue weighted by Crippen LogP contribution is -2.08. The first-order valence-corrected chi connectivity index (χ1v) is 8.72. The maximum Gasteiger partial charge on any atom is 0.126 e. The topological polar surface area (TPSA) is 29.5 Å². The minimum absolute atomic E-state index is 0.397. The first kappa shape index (κ1) is 17.2. The maximum atomic E-state index is 9.84. The van der Waals surface area contributed by atoms with E-state index in [0.717, 1.165) is 28.9 Å². The molecular formula is C23H24O2. The van der Waals surface area contributed by atoms with Crippen molar-refractivity contribution in [2.45, 2.75) is 32.5 Å². The Morgan fingerprint density at radius 2 is 1.36 bits per heavy atom. The van der Waals surface area contributed by atoms with E-state index in [4.69, 9.17) is 4.74 Å². The van der Waals surface area contributed by atoms with Crippen LogP contribution in [0.1, 0.15) is 29.2 Å². The molecule has 0 amide bonds. The lowest BCUT2D eigenvalue weighted by atomic mass is 9.98. The molecule has 0 aliphatic rings. The van der Waals surface area contributed by atoms with Crippen LogP contribution in [0.3, 0.4) is 0 Å². The van der Waals surface area contributed by atoms with Crippen LogP contribution < -0.4 is 4.74 Å². The molecule has 0 aliphatic heterocycles. The largest absolute Gasteiger partial charge is 0.488 e. The molecule has 1 atom stereocenters. The molecule has 128 valence electrons. The zero-order valence-corrected chi connectivity index (χ0v) is 14.6. The highest BCUT2D eigenvalue weighted by Crippen LogP contribution is 2.28. The molecule has 0 saturated heterocycles. The van der Waals surface area contributed by atoms with Crippen LogP contribution in [0.4, 0.5) is 0 Å². The predicted molar refractivity (Wildman–Crippen MR) is 102 cm³/mol. The van der Waals surface area contributed by atoms with Gasteiger partial charge >= 0.3 is 0 Å². The summed E-state index contributed by atoms with van der Waals surface area (Å²) in [7, 11) is 0. The van der Waals surface area contributed by atoms with Gasteiger partial charge in [-0.25, -0.2) is 0 Å². The summed E-state index contributed by atoms with van der Waals surface area (Å²) in [5.74, 6) is 0.899. The van der Waals surface area contributed by atoms with Crippen LogP contribution in [-0.4, -0.2) is 11.2 Å². The number of benzene rings is 3. The highest BCUT2D eigenvalue weighted by Gasteiger charge is 2.13. The standard InChI is InChI=1S/C23H24O2/c1-18(24)15-21-13-8-14-22(16-19-9-4-2-5-10-19)23(21)25-17-20-11-6-3-7-12-20/h2-14,18,24H,15-17H2,1H3. The van der Waals surface area contributed by atoms with E-state index >= 15 is 0 Å². The predicted octanol–water partition coefficient (Wildman–Crippen LogP) is 4.78. The number of ether oxygens (including phenoxy) is 1. The van der Waals surface area contributed by atoms with Gasteiger partial charge < -0.3 is 9.84 Å². The molecular weight excluding hydrogens is 308 g/mol. The van der Waals surface area contributed by atoms with Crippen LogP contribution in [0.2, 0.25) is 0 Å². The molecule has 0 spiro atoms. The van der Waals surface area contributed by atoms with E-state index in [9.17, 15) is 5.11 Å². The fourth-order valence-corrected chi connectivity index (χ4v) is 2.99. The Kier molecular flexibility index (Phi) is 5.86. The quantitative estimate of drug-likeness (QED) is 0.675. The SMILES string of the molecule is CC(O)Cc1cccc(Cc2ccccc2)c1OCc1ccccc1. The number of aliphatic hydroxyl groups is 1. The van der Waals surface area contributed by atoms with Gasteiger partial charge in [0.25, 0.3) is 0 Å². The Balaban J connectivity index is 1.87. The molecule has 0 bridgehead atoms. The summed E-state index contributed by atoms with van der Waals surface area (Å²) >= 11 is 0. The van der Waals surface area contributed by atoms with E-state index in [1.165, 1.54) is 5.56 Å². The molecule has 1 N–H and O–H groups in total. The third-order valence-corrected chi connectivity index (χ3v) is 4.16. The second-order valence-corrected chi connectivity index (χ2v) is 6.40. The van der Waals surface area contributed by atoms with Crippen molar-refractivity contribution in [3.63, 3.8) is 0 Å². The van der Waals surface area contributed by atoms with Gasteiger partial charge in [0.2, 0.25) is 0 Å². The number of hydrogen-bond acceptors (Lipinski definition) is 2. The van der Waals surface area contributed by atoms with Crippen LogP contribution >= 0.6 is 0 Å². The molecule has 1 unspecified atom stereocenters. The summed E-state index contributed by atoms with van der Waals surface area (Å²) in [5, 5.41) is 9.84. The van der Waals surface area contributed by atoms with Gasteiger partial charge in [0.05, 0.1) is 6.10 Å². The van der Waals surface area contributed by atoms with Gasteiger partial charge in [-0.05, 0) is 29.2 Å². The molecule has 2 nitrogen and oxygen atoms in total. The first-order valence-electron chi connectivity index (χ1n) is 8.72. The normalized spacial score (nSPS) is 11.9. The van der Waals surface area contributed by atoms with E-state index in [2.05, 4.69) is 42.5 Å². The van der Waals surface area contributed by atoms with E-state index < -0.39 is 6.10 Å². The van der Waals surface area contributed by atoms with E-state index in [-0.39, 0.29) is 0 Å². The summed E-state index contributed by atoms with van der Waals surface area (Å²) < 4.78 is 6.22. The van der Waals surface area contributed by atoms with Crippen LogP contribution in [0.25, 0.3) is 0 Å². The Morgan fingerprint density at radius 3 is 2.00 bits per heavy atom. The molecule has 25 heavy (non-hydrogen) atoms. The Bertz CT molecular complexity index is 780. The fraction of sp³-hybridized carbons (Fsp3) is 0.217. The van der Waals surface area contributed by atoms with E-state index in [0.29, 0.717) is 13.0 Å². The molecule has 0 fully saturated rings. The van der Waals surface area contributed by atoms with Crippen LogP contribution in [0, 0.1) is 0 Å². The van der Waals surface area contributed by atoms with Crippen molar-refractivity contribution in [1.29, 1.82) is 0 Å². The Hall–Kier alpha value is -2.58. The zero-order valence-electron chi connectivity index (χ0n) is 14.6. The summed E-state index contributed by atoms with van der Waals surface area (Å²) in [6.07, 6.45) is 1.01. The molecule has 2 heteroatoms. The Labute approximate surface area is 149 Å². The average molecular weight is 332 g/mol. The molecule has 0 radical (unpaired) electrons. The van der Waals surface area contributed by atoms with Crippen LogP contribution in [-0.2, 0) is 19.4 Å². The third-order valence-electron chi connectivity index (χ3n) is 4.16. The number of aliphatic hydroxyl groups excluding tert-OH is 1. The molecule has 3 aromatic rings. The molecule has 0 aliphatic carbocycles. The lowest BCUT2D eigenvalue weighted by Gasteiger charge is -2.17. The van der Waals surface area contributed by atoms with Gasteiger partial charge in [-0.15, -0.1) is 0 Å². The number of rotatable bonds is 7. The highest BCUT2D eigenvalue weighted by molar-refractivity contribution is 5.44. The smallest absolute Gasteiger partial charge is 0.126 e. The summed E-state index contributed by atoms with van der Waals surface area (Å²) in [6.45, 7) is 2.34. The second-order valence-electron chi connectivity index (χ2n) is 6.40. The van der Waals surface area contributed by atoms with Gasteiger partial charge in [0.1, 0.15) is 12.4 Å². The van der Waals surface area contributed by atoms with Gasteiger partial charge in [-0.3, -0.25) is 0 Å². The van der Waals surface area contributed by atoms with Crippen molar-refractivity contribution < 1.29 is 9.84 Å². The summed E-state index contributed by atoms with van der Waals surface area (Å²) in [5.41, 5.74) is 4.60. The zero-order chi connectivity index (χ0) is 17.5. The average Bonchev–Trinajstić information content (AvgIpc) is 2.62. The van der Waals surface area contributed by atoms with Crippen LogP contribution in [0.5, 0.6) is 5.75 Å². The van der Waals surface area contributed by atoms with Gasteiger partial charge in [0.15, 0.2) is 0 Å². The Morgan fingerprint density at radius 1 is 0.760 bits per heavy atom. The summed E-state index contributed by atoms with van der Waals surface area (Å²) in [4.78, 5) is 0. The fourth-order valence-electron chi connectivity index (χ4n) is 2.99. The van der Waals surface area contributed by atoms with E-state index in [1.54, 1.807) is 0 Å². The molecule has 0 aromatic heterocycles. The van der Waals surface area contributed by atoms with Crippen LogP contribution in [0.15, 0.2) is 78.9 Å². The number of para-hydroxylation sites is 1. The highest BCUT2D eigenvalue weighted by atomic mass is 16.5. The van der Waals surface area contributed by atoms with E-state index in [1.807, 2.05) is 43.3 Å². The van der Waals surface area contributed by atoms with Crippen molar-refractivity contribution >= 4 is 0 Å². The van der Waals surface area contributed by atoms with Crippen molar-refractivity contribution in [1.82, 2.24) is 0 Å². The van der Waals surface area contributed by atoms with Crippen molar-refractivity contribution in [3.05, 3.63) is 101 Å². The minimum atomic E-state index is -0.397. The molecule has 3 rings (SSSR count). The van der Waals surface area contributed by atoms with Gasteiger partial charge in [0, 0.05) is 12.8 Å². The van der Waals surface area contributed by atoms with Gasteiger partial charge in [-0.2, -0.15) is 0 Å². The lowest BCUT2D eigenvalue weighted by molar-refractivity contribution is 0.193. The molecule has 0 heterocycles.